The number of carbonyl (C=O) groups is 1. The number of pyridine rings is 1. The number of benzene rings is 2. The van der Waals surface area contributed by atoms with Crippen LogP contribution in [-0.2, 0) is 16.6 Å². The molecule has 10 heteroatoms. The number of carbonyl (C=O) groups excluding carboxylic acids is 1. The normalized spacial score (nSPS) is 13.3. The van der Waals surface area contributed by atoms with Crippen molar-refractivity contribution >= 4 is 33.1 Å². The molecule has 3 heterocycles. The summed E-state index contributed by atoms with van der Waals surface area (Å²) in [5.74, 6) is -2.03. The van der Waals surface area contributed by atoms with Gasteiger partial charge in [0.05, 0.1) is 0 Å². The molecule has 0 atom stereocenters. The summed E-state index contributed by atoms with van der Waals surface area (Å²) < 4.78 is 54.5. The Morgan fingerprint density at radius 2 is 1.71 bits per heavy atom. The van der Waals surface area contributed by atoms with Crippen LogP contribution in [-0.4, -0.2) is 31.3 Å². The molecule has 1 aliphatic rings. The van der Waals surface area contributed by atoms with Crippen LogP contribution in [0.15, 0.2) is 71.8 Å². The zero-order valence-electron chi connectivity index (χ0n) is 17.7. The van der Waals surface area contributed by atoms with E-state index in [1.165, 1.54) is 17.5 Å². The number of nitrogens with zero attached hydrogens (tertiary/aromatic N) is 2. The number of halogens is 2. The Hall–Kier alpha value is -3.63. The lowest BCUT2D eigenvalue weighted by atomic mass is 10.1. The molecule has 0 aliphatic carbocycles. The predicted molar refractivity (Wildman–Crippen MR) is 126 cm³/mol. The Kier molecular flexibility index (Phi) is 5.41. The van der Waals surface area contributed by atoms with Gasteiger partial charge < -0.3 is 4.90 Å². The Morgan fingerprint density at radius 1 is 0.971 bits per heavy atom. The number of nitrogens with one attached hydrogen (secondary N) is 1. The fraction of sp³-hybridized carbons (Fsp3) is 0.0833. The van der Waals surface area contributed by atoms with E-state index in [9.17, 15) is 22.0 Å². The van der Waals surface area contributed by atoms with Crippen LogP contribution in [0.1, 0.15) is 15.9 Å². The first-order valence-corrected chi connectivity index (χ1v) is 12.4. The minimum atomic E-state index is -4.29. The van der Waals surface area contributed by atoms with Crippen molar-refractivity contribution < 1.29 is 22.0 Å². The molecular formula is C24H17F2N3O3S2. The van der Waals surface area contributed by atoms with E-state index in [0.717, 1.165) is 38.6 Å². The summed E-state index contributed by atoms with van der Waals surface area (Å²) in [5.41, 5.74) is 3.40. The third-order valence-electron chi connectivity index (χ3n) is 5.45. The molecule has 5 rings (SSSR count). The molecule has 1 aliphatic heterocycles. The molecule has 0 radical (unpaired) electrons. The fourth-order valence-corrected chi connectivity index (χ4v) is 5.85. The Morgan fingerprint density at radius 3 is 2.44 bits per heavy atom. The van der Waals surface area contributed by atoms with Crippen molar-refractivity contribution in [1.82, 2.24) is 9.88 Å². The van der Waals surface area contributed by atoms with Gasteiger partial charge in [-0.1, -0.05) is 6.07 Å². The van der Waals surface area contributed by atoms with Crippen LogP contribution in [0.25, 0.3) is 20.9 Å². The zero-order chi connectivity index (χ0) is 24.0. The molecule has 0 bridgehead atoms. The monoisotopic (exact) mass is 497 g/mol. The molecule has 34 heavy (non-hydrogen) atoms. The van der Waals surface area contributed by atoms with Crippen molar-refractivity contribution in [2.45, 2.75) is 11.4 Å². The van der Waals surface area contributed by atoms with Gasteiger partial charge in [-0.15, -0.1) is 11.3 Å². The lowest BCUT2D eigenvalue weighted by molar-refractivity contribution is 0.0816. The highest BCUT2D eigenvalue weighted by Gasteiger charge is 2.24. The van der Waals surface area contributed by atoms with E-state index >= 15 is 0 Å². The van der Waals surface area contributed by atoms with Gasteiger partial charge in [0.15, 0.2) is 0 Å². The van der Waals surface area contributed by atoms with E-state index in [1.54, 1.807) is 24.1 Å². The van der Waals surface area contributed by atoms with Crippen LogP contribution < -0.4 is 4.72 Å². The van der Waals surface area contributed by atoms with E-state index < -0.39 is 26.6 Å². The van der Waals surface area contributed by atoms with Crippen molar-refractivity contribution in [3.05, 3.63) is 89.6 Å². The van der Waals surface area contributed by atoms with Crippen LogP contribution >= 0.6 is 11.3 Å². The number of amides is 1. The number of fused-ring (bicyclic) bond motifs is 1. The number of hydrogen-bond acceptors (Lipinski definition) is 5. The summed E-state index contributed by atoms with van der Waals surface area (Å²) in [7, 11) is -2.53. The van der Waals surface area contributed by atoms with Crippen molar-refractivity contribution in [3.63, 3.8) is 0 Å². The summed E-state index contributed by atoms with van der Waals surface area (Å²) >= 11 is 1.51. The molecule has 0 fully saturated rings. The van der Waals surface area contributed by atoms with Crippen molar-refractivity contribution in [1.29, 1.82) is 0 Å². The van der Waals surface area contributed by atoms with Gasteiger partial charge in [-0.2, -0.15) is 0 Å². The van der Waals surface area contributed by atoms with E-state index in [0.29, 0.717) is 18.2 Å². The molecule has 2 aromatic heterocycles. The number of aromatic nitrogens is 1. The van der Waals surface area contributed by atoms with Crippen LogP contribution in [0.4, 0.5) is 14.6 Å². The molecule has 4 aromatic rings. The number of sulfonamides is 1. The summed E-state index contributed by atoms with van der Waals surface area (Å²) in [6, 6.07) is 15.2. The van der Waals surface area contributed by atoms with Crippen LogP contribution in [0.2, 0.25) is 0 Å². The minimum absolute atomic E-state index is 0.00950. The maximum atomic E-state index is 14.0. The zero-order valence-corrected chi connectivity index (χ0v) is 19.4. The molecular weight excluding hydrogens is 480 g/mol. The third kappa shape index (κ3) is 4.06. The first kappa shape index (κ1) is 22.2. The van der Waals surface area contributed by atoms with Gasteiger partial charge in [0.2, 0.25) is 0 Å². The predicted octanol–water partition coefficient (Wildman–Crippen LogP) is 5.14. The largest absolute Gasteiger partial charge is 0.337 e. The van der Waals surface area contributed by atoms with E-state index in [1.807, 2.05) is 30.3 Å². The first-order chi connectivity index (χ1) is 16.2. The number of thiophene rings is 1. The van der Waals surface area contributed by atoms with Crippen molar-refractivity contribution in [2.75, 3.05) is 11.8 Å². The van der Waals surface area contributed by atoms with Gasteiger partial charge in [0, 0.05) is 41.2 Å². The quantitative estimate of drug-likeness (QED) is 0.414. The highest BCUT2D eigenvalue weighted by molar-refractivity contribution is 7.92. The Labute approximate surface area is 198 Å². The van der Waals surface area contributed by atoms with Crippen molar-refractivity contribution in [3.8, 4) is 20.9 Å². The SMILES string of the molecule is CN1Cc2cc(-c3ccc(-c4ccnc(NS(=O)(=O)c5ccc(F)cc5F)c4)s3)ccc2C1=O. The molecule has 0 unspecified atom stereocenters. The highest BCUT2D eigenvalue weighted by atomic mass is 32.2. The summed E-state index contributed by atoms with van der Waals surface area (Å²) in [5, 5.41) is 0. The van der Waals surface area contributed by atoms with Crippen LogP contribution in [0, 0.1) is 11.6 Å². The number of rotatable bonds is 5. The summed E-state index contributed by atoms with van der Waals surface area (Å²) in [6.07, 6.45) is 1.45. The Balaban J connectivity index is 1.41. The molecule has 1 amide bonds. The molecule has 172 valence electrons. The highest BCUT2D eigenvalue weighted by Crippen LogP contribution is 2.37. The van der Waals surface area contributed by atoms with Crippen LogP contribution in [0.3, 0.4) is 0 Å². The van der Waals surface area contributed by atoms with E-state index in [2.05, 4.69) is 9.71 Å². The second-order valence-corrected chi connectivity index (χ2v) is 10.5. The van der Waals surface area contributed by atoms with E-state index in [-0.39, 0.29) is 11.7 Å². The fourth-order valence-electron chi connectivity index (χ4n) is 3.79. The molecule has 0 saturated carbocycles. The van der Waals surface area contributed by atoms with Gasteiger partial charge >= 0.3 is 0 Å². The molecule has 0 spiro atoms. The van der Waals surface area contributed by atoms with Gasteiger partial charge in [-0.25, -0.2) is 22.2 Å². The van der Waals surface area contributed by atoms with Gasteiger partial charge in [0.25, 0.3) is 15.9 Å². The number of anilines is 1. The average Bonchev–Trinajstić information content (AvgIpc) is 3.38. The second-order valence-electron chi connectivity index (χ2n) is 7.81. The minimum Gasteiger partial charge on any atom is -0.337 e. The molecule has 6 nitrogen and oxygen atoms in total. The van der Waals surface area contributed by atoms with Gasteiger partial charge in [-0.3, -0.25) is 9.52 Å². The first-order valence-electron chi connectivity index (χ1n) is 10.1. The lowest BCUT2D eigenvalue weighted by Crippen LogP contribution is -2.17. The van der Waals surface area contributed by atoms with Crippen LogP contribution in [0.5, 0.6) is 0 Å². The standard InChI is InChI=1S/C24H17F2N3O3S2/c1-29-13-16-10-14(2-4-18(16)24(29)30)20-5-6-21(33-20)15-8-9-27-23(11-15)28-34(31,32)22-7-3-17(25)12-19(22)26/h2-12H,13H2,1H3,(H,27,28). The topological polar surface area (TPSA) is 79.4 Å². The maximum absolute atomic E-state index is 14.0. The smallest absolute Gasteiger partial charge is 0.265 e. The summed E-state index contributed by atoms with van der Waals surface area (Å²) in [4.78, 5) is 19.0. The van der Waals surface area contributed by atoms with Gasteiger partial charge in [0.1, 0.15) is 22.3 Å². The summed E-state index contributed by atoms with van der Waals surface area (Å²) in [6.45, 7) is 0.572. The second kappa shape index (κ2) is 8.30. The average molecular weight is 498 g/mol. The van der Waals surface area contributed by atoms with Crippen molar-refractivity contribution in [2.24, 2.45) is 0 Å². The third-order valence-corrected chi connectivity index (χ3v) is 8.02. The number of hydrogen-bond donors (Lipinski definition) is 1. The van der Waals surface area contributed by atoms with Gasteiger partial charge in [-0.05, 0) is 65.2 Å². The molecule has 2 aromatic carbocycles. The molecule has 0 saturated heterocycles. The lowest BCUT2D eigenvalue weighted by Gasteiger charge is -2.09. The molecule has 1 N–H and O–H groups in total. The van der Waals surface area contributed by atoms with E-state index in [4.69, 9.17) is 0 Å². The maximum Gasteiger partial charge on any atom is 0.265 e. The Bertz CT molecular complexity index is 1550.